The van der Waals surface area contributed by atoms with Crippen LogP contribution in [-0.4, -0.2) is 34.5 Å². The number of rotatable bonds is 6. The lowest BCUT2D eigenvalue weighted by Gasteiger charge is -2.33. The molecule has 1 aliphatic rings. The molecule has 0 spiro atoms. The molecule has 0 unspecified atom stereocenters. The van der Waals surface area contributed by atoms with Crippen LogP contribution in [-0.2, 0) is 17.8 Å². The van der Waals surface area contributed by atoms with Crippen LogP contribution >= 0.6 is 0 Å². The second-order valence-corrected chi connectivity index (χ2v) is 5.43. The van der Waals surface area contributed by atoms with E-state index >= 15 is 0 Å². The summed E-state index contributed by atoms with van der Waals surface area (Å²) in [6.07, 6.45) is 5.01. The van der Waals surface area contributed by atoms with Gasteiger partial charge in [-0.3, -0.25) is 0 Å². The number of hydrogen-bond acceptors (Lipinski definition) is 4. The van der Waals surface area contributed by atoms with Crippen LogP contribution in [0.15, 0.2) is 6.33 Å². The zero-order chi connectivity index (χ0) is 12.8. The fourth-order valence-electron chi connectivity index (χ4n) is 2.34. The first-order valence-electron chi connectivity index (χ1n) is 6.89. The van der Waals surface area contributed by atoms with Crippen molar-refractivity contribution in [2.75, 3.05) is 19.8 Å². The summed E-state index contributed by atoms with van der Waals surface area (Å²) in [5.41, 5.74) is 0.369. The van der Waals surface area contributed by atoms with E-state index in [1.54, 1.807) is 6.33 Å². The molecule has 0 aliphatic carbocycles. The number of ether oxygens (including phenoxy) is 1. The van der Waals surface area contributed by atoms with Gasteiger partial charge in [0.25, 0.3) is 0 Å². The molecule has 1 aliphatic heterocycles. The molecule has 5 heteroatoms. The van der Waals surface area contributed by atoms with Gasteiger partial charge in [0, 0.05) is 26.3 Å². The Hall–Kier alpha value is -0.940. The Morgan fingerprint density at radius 2 is 2.22 bits per heavy atom. The Bertz CT molecular complexity index is 358. The van der Waals surface area contributed by atoms with Crippen molar-refractivity contribution < 1.29 is 4.74 Å². The standard InChI is InChI=1S/C13H24N4O/c1-3-6-17-12(15-11-16-17)9-14-10-13(2)4-7-18-8-5-13/h11,14H,3-10H2,1-2H3. The molecule has 18 heavy (non-hydrogen) atoms. The lowest BCUT2D eigenvalue weighted by molar-refractivity contribution is 0.0239. The number of nitrogens with zero attached hydrogens (tertiary/aromatic N) is 3. The first kappa shape index (κ1) is 13.5. The van der Waals surface area contributed by atoms with Gasteiger partial charge in [-0.2, -0.15) is 5.10 Å². The predicted octanol–water partition coefficient (Wildman–Crippen LogP) is 1.59. The number of nitrogens with one attached hydrogen (secondary N) is 1. The molecule has 1 saturated heterocycles. The molecule has 2 heterocycles. The molecule has 0 bridgehead atoms. The van der Waals surface area contributed by atoms with Gasteiger partial charge >= 0.3 is 0 Å². The summed E-state index contributed by atoms with van der Waals surface area (Å²) in [4.78, 5) is 4.30. The summed E-state index contributed by atoms with van der Waals surface area (Å²) in [5.74, 6) is 1.03. The van der Waals surface area contributed by atoms with E-state index in [0.717, 1.165) is 57.9 Å². The fourth-order valence-corrected chi connectivity index (χ4v) is 2.34. The normalized spacial score (nSPS) is 19.0. The molecule has 0 radical (unpaired) electrons. The molecule has 5 nitrogen and oxygen atoms in total. The number of aromatic nitrogens is 3. The second kappa shape index (κ2) is 6.29. The summed E-state index contributed by atoms with van der Waals surface area (Å²) in [5, 5.41) is 7.75. The quantitative estimate of drug-likeness (QED) is 0.835. The van der Waals surface area contributed by atoms with Crippen LogP contribution in [0, 0.1) is 5.41 Å². The average Bonchev–Trinajstić information content (AvgIpc) is 2.78. The molecule has 0 atom stereocenters. The van der Waals surface area contributed by atoms with Gasteiger partial charge in [-0.25, -0.2) is 9.67 Å². The van der Waals surface area contributed by atoms with Gasteiger partial charge in [0.05, 0.1) is 6.54 Å². The third kappa shape index (κ3) is 3.53. The molecule has 102 valence electrons. The van der Waals surface area contributed by atoms with E-state index in [9.17, 15) is 0 Å². The van der Waals surface area contributed by atoms with Crippen molar-refractivity contribution in [3.63, 3.8) is 0 Å². The van der Waals surface area contributed by atoms with Crippen LogP contribution in [0.1, 0.15) is 38.9 Å². The monoisotopic (exact) mass is 252 g/mol. The second-order valence-electron chi connectivity index (χ2n) is 5.43. The van der Waals surface area contributed by atoms with Gasteiger partial charge in [0.1, 0.15) is 12.2 Å². The topological polar surface area (TPSA) is 52.0 Å². The smallest absolute Gasteiger partial charge is 0.140 e. The average molecular weight is 252 g/mol. The van der Waals surface area contributed by atoms with E-state index in [2.05, 4.69) is 29.2 Å². The van der Waals surface area contributed by atoms with Crippen LogP contribution in [0.25, 0.3) is 0 Å². The van der Waals surface area contributed by atoms with E-state index < -0.39 is 0 Å². The van der Waals surface area contributed by atoms with Gasteiger partial charge in [-0.1, -0.05) is 13.8 Å². The molecular formula is C13H24N4O. The molecule has 1 aromatic rings. The van der Waals surface area contributed by atoms with E-state index in [-0.39, 0.29) is 0 Å². The van der Waals surface area contributed by atoms with Crippen molar-refractivity contribution in [3.05, 3.63) is 12.2 Å². The highest BCUT2D eigenvalue weighted by Crippen LogP contribution is 2.28. The Morgan fingerprint density at radius 1 is 1.44 bits per heavy atom. The largest absolute Gasteiger partial charge is 0.381 e. The minimum Gasteiger partial charge on any atom is -0.381 e. The van der Waals surface area contributed by atoms with Gasteiger partial charge < -0.3 is 10.1 Å². The third-order valence-electron chi connectivity index (χ3n) is 3.67. The maximum atomic E-state index is 5.41. The molecule has 1 fully saturated rings. The Kier molecular flexibility index (Phi) is 4.72. The minimum absolute atomic E-state index is 0.369. The van der Waals surface area contributed by atoms with Crippen molar-refractivity contribution >= 4 is 0 Å². The minimum atomic E-state index is 0.369. The van der Waals surface area contributed by atoms with Crippen molar-refractivity contribution in [2.45, 2.75) is 46.2 Å². The molecule has 1 N–H and O–H groups in total. The van der Waals surface area contributed by atoms with E-state index in [4.69, 9.17) is 4.74 Å². The summed E-state index contributed by atoms with van der Waals surface area (Å²) < 4.78 is 7.40. The molecule has 2 rings (SSSR count). The zero-order valence-corrected chi connectivity index (χ0v) is 11.5. The molecular weight excluding hydrogens is 228 g/mol. The zero-order valence-electron chi connectivity index (χ0n) is 11.5. The molecule has 1 aromatic heterocycles. The fraction of sp³-hybridized carbons (Fsp3) is 0.846. The van der Waals surface area contributed by atoms with E-state index in [1.807, 2.05) is 4.68 Å². The van der Waals surface area contributed by atoms with Crippen molar-refractivity contribution in [3.8, 4) is 0 Å². The highest BCUT2D eigenvalue weighted by Gasteiger charge is 2.26. The number of aryl methyl sites for hydroxylation is 1. The Balaban J connectivity index is 1.78. The van der Waals surface area contributed by atoms with Crippen LogP contribution in [0.5, 0.6) is 0 Å². The van der Waals surface area contributed by atoms with Crippen LogP contribution in [0.2, 0.25) is 0 Å². The van der Waals surface area contributed by atoms with Crippen LogP contribution in [0.4, 0.5) is 0 Å². The van der Waals surface area contributed by atoms with E-state index in [0.29, 0.717) is 5.41 Å². The Morgan fingerprint density at radius 3 is 2.94 bits per heavy atom. The molecule has 0 saturated carbocycles. The van der Waals surface area contributed by atoms with Crippen LogP contribution in [0.3, 0.4) is 0 Å². The van der Waals surface area contributed by atoms with E-state index in [1.165, 1.54) is 0 Å². The van der Waals surface area contributed by atoms with Gasteiger partial charge in [-0.05, 0) is 24.7 Å². The number of hydrogen-bond donors (Lipinski definition) is 1. The molecule has 0 amide bonds. The van der Waals surface area contributed by atoms with Crippen molar-refractivity contribution in [2.24, 2.45) is 5.41 Å². The maximum Gasteiger partial charge on any atom is 0.140 e. The highest BCUT2D eigenvalue weighted by molar-refractivity contribution is 4.86. The van der Waals surface area contributed by atoms with Gasteiger partial charge in [-0.15, -0.1) is 0 Å². The van der Waals surface area contributed by atoms with Crippen molar-refractivity contribution in [1.82, 2.24) is 20.1 Å². The summed E-state index contributed by atoms with van der Waals surface area (Å²) in [6, 6.07) is 0. The van der Waals surface area contributed by atoms with Gasteiger partial charge in [0.2, 0.25) is 0 Å². The van der Waals surface area contributed by atoms with Crippen LogP contribution < -0.4 is 5.32 Å². The van der Waals surface area contributed by atoms with Crippen molar-refractivity contribution in [1.29, 1.82) is 0 Å². The molecule has 0 aromatic carbocycles. The SMILES string of the molecule is CCCn1ncnc1CNCC1(C)CCOCC1. The first-order valence-corrected chi connectivity index (χ1v) is 6.89. The van der Waals surface area contributed by atoms with Gasteiger partial charge in [0.15, 0.2) is 0 Å². The maximum absolute atomic E-state index is 5.41. The summed E-state index contributed by atoms with van der Waals surface area (Å²) >= 11 is 0. The lowest BCUT2D eigenvalue weighted by atomic mass is 9.82. The lowest BCUT2D eigenvalue weighted by Crippen LogP contribution is -2.37. The third-order valence-corrected chi connectivity index (χ3v) is 3.67. The highest BCUT2D eigenvalue weighted by atomic mass is 16.5. The first-order chi connectivity index (χ1) is 8.73. The summed E-state index contributed by atoms with van der Waals surface area (Å²) in [7, 11) is 0. The predicted molar refractivity (Wildman–Crippen MR) is 70.2 cm³/mol. The summed E-state index contributed by atoms with van der Waals surface area (Å²) in [6.45, 7) is 9.05. The Labute approximate surface area is 109 Å².